The zero-order valence-corrected chi connectivity index (χ0v) is 12.5. The van der Waals surface area contributed by atoms with Crippen LogP contribution in [0.2, 0.25) is 0 Å². The second-order valence-corrected chi connectivity index (χ2v) is 6.80. The Labute approximate surface area is 125 Å². The molecule has 1 atom stereocenters. The average molecular weight is 313 g/mol. The van der Waals surface area contributed by atoms with Crippen molar-refractivity contribution < 1.29 is 8.42 Å². The first-order valence-electron chi connectivity index (χ1n) is 6.32. The Bertz CT molecular complexity index is 713. The van der Waals surface area contributed by atoms with E-state index < -0.39 is 10.0 Å². The molecular weight excluding hydrogens is 296 g/mol. The third-order valence-corrected chi connectivity index (χ3v) is 5.48. The van der Waals surface area contributed by atoms with Gasteiger partial charge >= 0.3 is 0 Å². The molecule has 1 heterocycles. The second-order valence-electron chi connectivity index (χ2n) is 4.89. The van der Waals surface area contributed by atoms with Gasteiger partial charge in [-0.25, -0.2) is 8.42 Å². The maximum Gasteiger partial charge on any atom is 0.243 e. The predicted octanol–water partition coefficient (Wildman–Crippen LogP) is 1.98. The Morgan fingerprint density at radius 2 is 1.80 bits per heavy atom. The molecule has 0 aliphatic carbocycles. The van der Waals surface area contributed by atoms with Crippen molar-refractivity contribution in [3.8, 4) is 0 Å². The van der Waals surface area contributed by atoms with Crippen LogP contribution in [0.4, 0.5) is 0 Å². The van der Waals surface area contributed by atoms with Gasteiger partial charge in [0.1, 0.15) is 0 Å². The minimum Gasteiger partial charge on any atom is -0.326 e. The van der Waals surface area contributed by atoms with E-state index in [-0.39, 0.29) is 18.4 Å². The number of benzene rings is 2. The molecule has 2 aromatic rings. The number of nitrogens with two attached hydrogens (primary N) is 1. The summed E-state index contributed by atoms with van der Waals surface area (Å²) in [7, 11) is -3.44. The first-order valence-corrected chi connectivity index (χ1v) is 7.76. The smallest absolute Gasteiger partial charge is 0.243 e. The maximum atomic E-state index is 12.7. The lowest BCUT2D eigenvalue weighted by Gasteiger charge is -2.17. The van der Waals surface area contributed by atoms with Gasteiger partial charge in [-0.15, -0.1) is 12.4 Å². The SMILES string of the molecule is Cl.N[C@H]1CCN(S(=O)(=O)c2cccc3ccccc23)C1. The number of hydrogen-bond donors (Lipinski definition) is 1. The van der Waals surface area contributed by atoms with Gasteiger partial charge in [-0.1, -0.05) is 36.4 Å². The predicted molar refractivity (Wildman–Crippen MR) is 82.5 cm³/mol. The van der Waals surface area contributed by atoms with Crippen molar-refractivity contribution in [2.75, 3.05) is 13.1 Å². The molecular formula is C14H17ClN2O2S. The van der Waals surface area contributed by atoms with Crippen molar-refractivity contribution in [2.24, 2.45) is 5.73 Å². The van der Waals surface area contributed by atoms with Crippen LogP contribution in [0.5, 0.6) is 0 Å². The van der Waals surface area contributed by atoms with Crippen LogP contribution in [0.15, 0.2) is 47.4 Å². The molecule has 2 aromatic carbocycles. The second kappa shape index (κ2) is 5.69. The van der Waals surface area contributed by atoms with E-state index in [4.69, 9.17) is 5.73 Å². The Morgan fingerprint density at radius 3 is 2.50 bits per heavy atom. The van der Waals surface area contributed by atoms with E-state index in [2.05, 4.69) is 0 Å². The molecule has 0 unspecified atom stereocenters. The van der Waals surface area contributed by atoms with Crippen molar-refractivity contribution in [1.29, 1.82) is 0 Å². The molecule has 0 amide bonds. The fraction of sp³-hybridized carbons (Fsp3) is 0.286. The van der Waals surface area contributed by atoms with E-state index in [1.54, 1.807) is 12.1 Å². The van der Waals surface area contributed by atoms with E-state index >= 15 is 0 Å². The molecule has 2 N–H and O–H groups in total. The number of halogens is 1. The third-order valence-electron chi connectivity index (χ3n) is 3.55. The standard InChI is InChI=1S/C14H16N2O2S.ClH/c15-12-8-9-16(10-12)19(17,18)14-7-3-5-11-4-1-2-6-13(11)14;/h1-7,12H,8-10,15H2;1H/t12-;/m0./s1. The third kappa shape index (κ3) is 2.54. The average Bonchev–Trinajstić information content (AvgIpc) is 2.85. The zero-order chi connectivity index (χ0) is 13.5. The first kappa shape index (κ1) is 15.3. The van der Waals surface area contributed by atoms with Gasteiger partial charge in [0.25, 0.3) is 0 Å². The lowest BCUT2D eigenvalue weighted by Crippen LogP contribution is -2.32. The van der Waals surface area contributed by atoms with Crippen LogP contribution in [0.25, 0.3) is 10.8 Å². The molecule has 108 valence electrons. The van der Waals surface area contributed by atoms with E-state index in [1.165, 1.54) is 4.31 Å². The summed E-state index contributed by atoms with van der Waals surface area (Å²) in [4.78, 5) is 0.375. The minimum absolute atomic E-state index is 0. The highest BCUT2D eigenvalue weighted by Crippen LogP contribution is 2.27. The molecule has 1 aliphatic rings. The van der Waals surface area contributed by atoms with Gasteiger partial charge in [0.2, 0.25) is 10.0 Å². The van der Waals surface area contributed by atoms with Crippen molar-refractivity contribution in [1.82, 2.24) is 4.31 Å². The molecule has 1 saturated heterocycles. The molecule has 0 saturated carbocycles. The molecule has 0 radical (unpaired) electrons. The van der Waals surface area contributed by atoms with Crippen LogP contribution in [-0.4, -0.2) is 31.9 Å². The Kier molecular flexibility index (Phi) is 4.34. The molecule has 6 heteroatoms. The Morgan fingerprint density at radius 1 is 1.10 bits per heavy atom. The largest absolute Gasteiger partial charge is 0.326 e. The number of sulfonamides is 1. The van der Waals surface area contributed by atoms with Gasteiger partial charge in [-0.2, -0.15) is 4.31 Å². The molecule has 1 fully saturated rings. The molecule has 0 aromatic heterocycles. The highest BCUT2D eigenvalue weighted by Gasteiger charge is 2.31. The summed E-state index contributed by atoms with van der Waals surface area (Å²) in [5, 5.41) is 1.71. The van der Waals surface area contributed by atoms with Crippen LogP contribution < -0.4 is 5.73 Å². The van der Waals surface area contributed by atoms with Crippen molar-refractivity contribution >= 4 is 33.2 Å². The number of rotatable bonds is 2. The van der Waals surface area contributed by atoms with Crippen LogP contribution in [0, 0.1) is 0 Å². The van der Waals surface area contributed by atoms with Gasteiger partial charge in [0.15, 0.2) is 0 Å². The Hall–Kier alpha value is -1.14. The summed E-state index contributed by atoms with van der Waals surface area (Å²) in [5.74, 6) is 0. The van der Waals surface area contributed by atoms with Crippen LogP contribution >= 0.6 is 12.4 Å². The molecule has 1 aliphatic heterocycles. The summed E-state index contributed by atoms with van der Waals surface area (Å²) in [5.41, 5.74) is 5.81. The monoisotopic (exact) mass is 312 g/mol. The van der Waals surface area contributed by atoms with Gasteiger partial charge in [0.05, 0.1) is 4.90 Å². The summed E-state index contributed by atoms with van der Waals surface area (Å²) in [6.45, 7) is 0.915. The fourth-order valence-electron chi connectivity index (χ4n) is 2.53. The molecule has 4 nitrogen and oxygen atoms in total. The highest BCUT2D eigenvalue weighted by atomic mass is 35.5. The van der Waals surface area contributed by atoms with Gasteiger partial charge in [0, 0.05) is 24.5 Å². The number of nitrogens with zero attached hydrogens (tertiary/aromatic N) is 1. The summed E-state index contributed by atoms with van der Waals surface area (Å²) in [6, 6.07) is 12.9. The van der Waals surface area contributed by atoms with Gasteiger partial charge in [-0.05, 0) is 17.9 Å². The Balaban J connectivity index is 0.00000147. The fourth-order valence-corrected chi connectivity index (χ4v) is 4.26. The quantitative estimate of drug-likeness (QED) is 0.922. The first-order chi connectivity index (χ1) is 9.09. The summed E-state index contributed by atoms with van der Waals surface area (Å²) >= 11 is 0. The molecule has 0 spiro atoms. The number of fused-ring (bicyclic) bond motifs is 1. The van der Waals surface area contributed by atoms with Crippen LogP contribution in [0.1, 0.15) is 6.42 Å². The lowest BCUT2D eigenvalue weighted by atomic mass is 10.1. The normalized spacial score (nSPS) is 19.9. The summed E-state index contributed by atoms with van der Waals surface area (Å²) in [6.07, 6.45) is 0.726. The molecule has 0 bridgehead atoms. The van der Waals surface area contributed by atoms with E-state index in [9.17, 15) is 8.42 Å². The molecule has 3 rings (SSSR count). The lowest BCUT2D eigenvalue weighted by molar-refractivity contribution is 0.473. The van der Waals surface area contributed by atoms with Crippen LogP contribution in [-0.2, 0) is 10.0 Å². The van der Waals surface area contributed by atoms with Gasteiger partial charge in [-0.3, -0.25) is 0 Å². The van der Waals surface area contributed by atoms with E-state index in [0.29, 0.717) is 18.0 Å². The topological polar surface area (TPSA) is 63.4 Å². The molecule has 20 heavy (non-hydrogen) atoms. The van der Waals surface area contributed by atoms with Crippen LogP contribution in [0.3, 0.4) is 0 Å². The zero-order valence-electron chi connectivity index (χ0n) is 10.9. The summed E-state index contributed by atoms with van der Waals surface area (Å²) < 4.78 is 26.8. The maximum absolute atomic E-state index is 12.7. The van der Waals surface area contributed by atoms with Gasteiger partial charge < -0.3 is 5.73 Å². The van der Waals surface area contributed by atoms with Crippen molar-refractivity contribution in [3.05, 3.63) is 42.5 Å². The number of hydrogen-bond acceptors (Lipinski definition) is 3. The van der Waals surface area contributed by atoms with E-state index in [1.807, 2.05) is 30.3 Å². The minimum atomic E-state index is -3.44. The van der Waals surface area contributed by atoms with E-state index in [0.717, 1.165) is 17.2 Å². The van der Waals surface area contributed by atoms with Crippen molar-refractivity contribution in [2.45, 2.75) is 17.4 Å². The highest BCUT2D eigenvalue weighted by molar-refractivity contribution is 7.89. The van der Waals surface area contributed by atoms with Crippen molar-refractivity contribution in [3.63, 3.8) is 0 Å².